The fraction of sp³-hybridized carbons (Fsp3) is 0.111. The van der Waals surface area contributed by atoms with Crippen molar-refractivity contribution in [3.63, 3.8) is 0 Å². The third kappa shape index (κ3) is 3.12. The third-order valence-corrected chi connectivity index (χ3v) is 3.99. The zero-order valence-electron chi connectivity index (χ0n) is 14.0. The molecule has 8 heteroatoms. The minimum Gasteiger partial charge on any atom is -0.350 e. The first-order valence-electron chi connectivity index (χ1n) is 7.97. The molecule has 0 saturated heterocycles. The van der Waals surface area contributed by atoms with Crippen LogP contribution in [0.3, 0.4) is 0 Å². The number of nitrogens with one attached hydrogen (secondary N) is 1. The highest BCUT2D eigenvalue weighted by atomic mass is 16.1. The molecule has 0 aliphatic rings. The predicted octanol–water partition coefficient (Wildman–Crippen LogP) is 2.00. The highest BCUT2D eigenvalue weighted by molar-refractivity contribution is 6.10. The molecule has 0 amide bonds. The van der Waals surface area contributed by atoms with E-state index < -0.39 is 0 Å². The third-order valence-electron chi connectivity index (χ3n) is 3.99. The number of carbonyl (C=O) groups is 1. The molecule has 3 aromatic heterocycles. The molecule has 0 saturated carbocycles. The molecule has 0 fully saturated rings. The average molecular weight is 345 g/mol. The number of hydrogen-bond donors (Lipinski definition) is 1. The topological polar surface area (TPSA) is 98.5 Å². The zero-order chi connectivity index (χ0) is 17.9. The Morgan fingerprint density at radius 2 is 1.81 bits per heavy atom. The van der Waals surface area contributed by atoms with Gasteiger partial charge in [0.15, 0.2) is 5.78 Å². The van der Waals surface area contributed by atoms with Gasteiger partial charge in [-0.1, -0.05) is 12.1 Å². The first-order chi connectivity index (χ1) is 12.7. The van der Waals surface area contributed by atoms with Crippen LogP contribution in [0.25, 0.3) is 10.9 Å². The van der Waals surface area contributed by atoms with Gasteiger partial charge in [0.25, 0.3) is 0 Å². The van der Waals surface area contributed by atoms with Gasteiger partial charge in [-0.25, -0.2) is 19.9 Å². The molecule has 0 aliphatic carbocycles. The molecule has 128 valence electrons. The van der Waals surface area contributed by atoms with E-state index >= 15 is 0 Å². The summed E-state index contributed by atoms with van der Waals surface area (Å²) in [5.41, 5.74) is 2.83. The zero-order valence-corrected chi connectivity index (χ0v) is 14.0. The second-order valence-corrected chi connectivity index (χ2v) is 5.77. The lowest BCUT2D eigenvalue weighted by Crippen LogP contribution is -2.07. The Kier molecular flexibility index (Phi) is 4.06. The SMILES string of the molecule is Cn1ncc2ccc(C(=O)c3cnc(NCc4cncnc4)nc3)cc21. The van der Waals surface area contributed by atoms with Crippen LogP contribution < -0.4 is 5.32 Å². The van der Waals surface area contributed by atoms with Gasteiger partial charge in [0.05, 0.1) is 17.3 Å². The molecule has 26 heavy (non-hydrogen) atoms. The Morgan fingerprint density at radius 3 is 2.58 bits per heavy atom. The standard InChI is InChI=1S/C18H15N7O/c1-25-16-4-13(2-3-14(16)10-24-25)17(26)15-8-22-18(23-9-15)21-7-12-5-19-11-20-6-12/h2-6,8-11H,7H2,1H3,(H,21,22,23). The largest absolute Gasteiger partial charge is 0.350 e. The number of ketones is 1. The van der Waals surface area contributed by atoms with Crippen molar-refractivity contribution < 1.29 is 4.79 Å². The van der Waals surface area contributed by atoms with Gasteiger partial charge >= 0.3 is 0 Å². The number of hydrogen-bond acceptors (Lipinski definition) is 7. The van der Waals surface area contributed by atoms with Crippen LogP contribution in [0, 0.1) is 0 Å². The molecule has 3 heterocycles. The number of fused-ring (bicyclic) bond motifs is 1. The Labute approximate surface area is 149 Å². The second kappa shape index (κ2) is 6.67. The molecular formula is C18H15N7O. The normalized spacial score (nSPS) is 10.8. The van der Waals surface area contributed by atoms with Crippen molar-refractivity contribution in [3.05, 3.63) is 72.2 Å². The first-order valence-corrected chi connectivity index (χ1v) is 7.97. The summed E-state index contributed by atoms with van der Waals surface area (Å²) in [4.78, 5) is 29.0. The molecule has 4 rings (SSSR count). The lowest BCUT2D eigenvalue weighted by molar-refractivity contribution is 0.103. The first kappa shape index (κ1) is 15.8. The number of carbonyl (C=O) groups excluding carboxylic acids is 1. The van der Waals surface area contributed by atoms with Crippen molar-refractivity contribution in [2.45, 2.75) is 6.54 Å². The molecule has 1 aromatic carbocycles. The van der Waals surface area contributed by atoms with E-state index in [0.717, 1.165) is 16.5 Å². The van der Waals surface area contributed by atoms with E-state index in [1.165, 1.54) is 18.7 Å². The number of aromatic nitrogens is 6. The summed E-state index contributed by atoms with van der Waals surface area (Å²) < 4.78 is 1.74. The molecule has 0 radical (unpaired) electrons. The Bertz CT molecular complexity index is 1060. The number of nitrogens with zero attached hydrogens (tertiary/aromatic N) is 6. The Balaban J connectivity index is 1.50. The lowest BCUT2D eigenvalue weighted by Gasteiger charge is -2.05. The average Bonchev–Trinajstić information content (AvgIpc) is 3.07. The van der Waals surface area contributed by atoms with Gasteiger partial charge in [0.1, 0.15) is 6.33 Å². The molecule has 1 N–H and O–H groups in total. The fourth-order valence-electron chi connectivity index (χ4n) is 2.59. The van der Waals surface area contributed by atoms with Crippen LogP contribution in [-0.2, 0) is 13.6 Å². The minimum atomic E-state index is -0.129. The van der Waals surface area contributed by atoms with Gasteiger partial charge < -0.3 is 5.32 Å². The molecule has 0 atom stereocenters. The number of anilines is 1. The molecule has 4 aromatic rings. The van der Waals surface area contributed by atoms with Gasteiger partial charge in [-0.05, 0) is 6.07 Å². The molecule has 0 unspecified atom stereocenters. The van der Waals surface area contributed by atoms with Crippen molar-refractivity contribution in [2.75, 3.05) is 5.32 Å². The number of aryl methyl sites for hydroxylation is 1. The van der Waals surface area contributed by atoms with E-state index in [2.05, 4.69) is 30.4 Å². The van der Waals surface area contributed by atoms with Crippen LogP contribution in [0.2, 0.25) is 0 Å². The van der Waals surface area contributed by atoms with E-state index in [4.69, 9.17) is 0 Å². The summed E-state index contributed by atoms with van der Waals surface area (Å²) in [5, 5.41) is 8.25. The quantitative estimate of drug-likeness (QED) is 0.552. The van der Waals surface area contributed by atoms with Crippen LogP contribution in [0.4, 0.5) is 5.95 Å². The summed E-state index contributed by atoms with van der Waals surface area (Å²) in [5.74, 6) is 0.309. The maximum Gasteiger partial charge on any atom is 0.222 e. The lowest BCUT2D eigenvalue weighted by atomic mass is 10.0. The van der Waals surface area contributed by atoms with E-state index in [9.17, 15) is 4.79 Å². The fourth-order valence-corrected chi connectivity index (χ4v) is 2.59. The van der Waals surface area contributed by atoms with Gasteiger partial charge in [0, 0.05) is 54.9 Å². The summed E-state index contributed by atoms with van der Waals surface area (Å²) in [6, 6.07) is 5.49. The maximum atomic E-state index is 12.7. The summed E-state index contributed by atoms with van der Waals surface area (Å²) in [6.07, 6.45) is 9.71. The van der Waals surface area contributed by atoms with Crippen molar-refractivity contribution >= 4 is 22.6 Å². The predicted molar refractivity (Wildman–Crippen MR) is 95.5 cm³/mol. The monoisotopic (exact) mass is 345 g/mol. The van der Waals surface area contributed by atoms with E-state index in [0.29, 0.717) is 23.6 Å². The van der Waals surface area contributed by atoms with E-state index in [1.807, 2.05) is 19.2 Å². The van der Waals surface area contributed by atoms with Crippen molar-refractivity contribution in [3.8, 4) is 0 Å². The van der Waals surface area contributed by atoms with Crippen LogP contribution in [0.15, 0.2) is 55.5 Å². The van der Waals surface area contributed by atoms with Gasteiger partial charge in [-0.2, -0.15) is 5.10 Å². The van der Waals surface area contributed by atoms with Gasteiger partial charge in [0.2, 0.25) is 5.95 Å². The second-order valence-electron chi connectivity index (χ2n) is 5.77. The number of rotatable bonds is 5. The van der Waals surface area contributed by atoms with Crippen LogP contribution in [0.5, 0.6) is 0 Å². The van der Waals surface area contributed by atoms with E-state index in [1.54, 1.807) is 29.3 Å². The van der Waals surface area contributed by atoms with E-state index in [-0.39, 0.29) is 5.78 Å². The van der Waals surface area contributed by atoms with Gasteiger partial charge in [-0.3, -0.25) is 9.48 Å². The highest BCUT2D eigenvalue weighted by Crippen LogP contribution is 2.17. The number of benzene rings is 1. The van der Waals surface area contributed by atoms with Crippen molar-refractivity contribution in [2.24, 2.45) is 7.05 Å². The highest BCUT2D eigenvalue weighted by Gasteiger charge is 2.12. The van der Waals surface area contributed by atoms with Crippen LogP contribution in [0.1, 0.15) is 21.5 Å². The Morgan fingerprint density at radius 1 is 1.04 bits per heavy atom. The smallest absolute Gasteiger partial charge is 0.222 e. The maximum absolute atomic E-state index is 12.7. The summed E-state index contributed by atoms with van der Waals surface area (Å²) in [6.45, 7) is 0.505. The molecular weight excluding hydrogens is 330 g/mol. The molecule has 0 bridgehead atoms. The summed E-state index contributed by atoms with van der Waals surface area (Å²) in [7, 11) is 1.85. The molecule has 0 spiro atoms. The minimum absolute atomic E-state index is 0.129. The summed E-state index contributed by atoms with van der Waals surface area (Å²) >= 11 is 0. The van der Waals surface area contributed by atoms with Crippen LogP contribution >= 0.6 is 0 Å². The molecule has 8 nitrogen and oxygen atoms in total. The van der Waals surface area contributed by atoms with Crippen LogP contribution in [-0.4, -0.2) is 35.5 Å². The van der Waals surface area contributed by atoms with Crippen molar-refractivity contribution in [1.82, 2.24) is 29.7 Å². The van der Waals surface area contributed by atoms with Gasteiger partial charge in [-0.15, -0.1) is 0 Å². The van der Waals surface area contributed by atoms with Crippen molar-refractivity contribution in [1.29, 1.82) is 0 Å². The molecule has 0 aliphatic heterocycles. The Hall–Kier alpha value is -3.68.